The molecule has 0 saturated heterocycles. The first-order valence-corrected chi connectivity index (χ1v) is 6.08. The molecule has 0 saturated carbocycles. The molecule has 0 aliphatic heterocycles. The molecule has 0 bridgehead atoms. The van der Waals surface area contributed by atoms with Gasteiger partial charge in [0, 0.05) is 12.3 Å². The first-order valence-electron chi connectivity index (χ1n) is 6.08. The molecule has 1 aliphatic rings. The van der Waals surface area contributed by atoms with E-state index >= 15 is 0 Å². The lowest BCUT2D eigenvalue weighted by molar-refractivity contribution is -0.116. The first kappa shape index (κ1) is 12.6. The van der Waals surface area contributed by atoms with Crippen molar-refractivity contribution in [2.75, 3.05) is 0 Å². The van der Waals surface area contributed by atoms with Crippen LogP contribution in [0.25, 0.3) is 5.57 Å². The van der Waals surface area contributed by atoms with Gasteiger partial charge in [0.05, 0.1) is 5.57 Å². The summed E-state index contributed by atoms with van der Waals surface area (Å²) in [6.45, 7) is 3.89. The van der Waals surface area contributed by atoms with E-state index in [0.29, 0.717) is 18.4 Å². The average molecular weight is 243 g/mol. The number of Topliss-reactive ketones (excluding diaryl/α,β-unsaturated/α-hetero) is 1. The van der Waals surface area contributed by atoms with E-state index in [2.05, 4.69) is 0 Å². The van der Waals surface area contributed by atoms with Crippen molar-refractivity contribution in [2.24, 2.45) is 5.92 Å². The van der Waals surface area contributed by atoms with E-state index in [9.17, 15) is 9.90 Å². The van der Waals surface area contributed by atoms with Gasteiger partial charge in [-0.3, -0.25) is 4.79 Å². The summed E-state index contributed by atoms with van der Waals surface area (Å²) in [5.74, 6) is -0.130. The number of aryl methyl sites for hydroxylation is 2. The topological polar surface area (TPSA) is 61.1 Å². The standard InChI is InChI=1S/C15H17NO2/c1-9-4-3-5-10(2)13(9)14-12(17)8-11(6-7-16)15(14)18/h3-5,7,11,16-17H,6,8H2,1-2H3. The molecule has 0 radical (unpaired) electrons. The summed E-state index contributed by atoms with van der Waals surface area (Å²) in [4.78, 5) is 12.3. The molecule has 1 aliphatic carbocycles. The molecular formula is C15H17NO2. The van der Waals surface area contributed by atoms with Gasteiger partial charge < -0.3 is 10.5 Å². The molecule has 1 unspecified atom stereocenters. The fourth-order valence-electron chi connectivity index (χ4n) is 2.58. The summed E-state index contributed by atoms with van der Waals surface area (Å²) >= 11 is 0. The maximum Gasteiger partial charge on any atom is 0.170 e. The maximum atomic E-state index is 12.3. The highest BCUT2D eigenvalue weighted by Gasteiger charge is 2.34. The van der Waals surface area contributed by atoms with Gasteiger partial charge >= 0.3 is 0 Å². The van der Waals surface area contributed by atoms with Crippen LogP contribution >= 0.6 is 0 Å². The molecule has 0 amide bonds. The number of carbonyl (C=O) groups is 1. The van der Waals surface area contributed by atoms with Crippen LogP contribution in [0.3, 0.4) is 0 Å². The zero-order chi connectivity index (χ0) is 13.3. The number of aliphatic hydroxyl groups is 1. The Balaban J connectivity index is 2.48. The van der Waals surface area contributed by atoms with E-state index in [4.69, 9.17) is 5.41 Å². The van der Waals surface area contributed by atoms with Crippen LogP contribution in [-0.2, 0) is 4.79 Å². The predicted molar refractivity (Wildman–Crippen MR) is 72.0 cm³/mol. The molecule has 0 aromatic heterocycles. The van der Waals surface area contributed by atoms with E-state index in [-0.39, 0.29) is 17.5 Å². The number of carbonyl (C=O) groups excluding carboxylic acids is 1. The average Bonchev–Trinajstić information content (AvgIpc) is 2.57. The number of aliphatic hydroxyl groups excluding tert-OH is 1. The van der Waals surface area contributed by atoms with E-state index in [1.54, 1.807) is 0 Å². The summed E-state index contributed by atoms with van der Waals surface area (Å²) in [5, 5.41) is 17.1. The Morgan fingerprint density at radius 3 is 2.56 bits per heavy atom. The van der Waals surface area contributed by atoms with Gasteiger partial charge in [0.1, 0.15) is 5.76 Å². The van der Waals surface area contributed by atoms with Gasteiger partial charge in [-0.2, -0.15) is 0 Å². The van der Waals surface area contributed by atoms with Crippen molar-refractivity contribution in [3.8, 4) is 0 Å². The first-order chi connectivity index (χ1) is 8.56. The zero-order valence-corrected chi connectivity index (χ0v) is 10.7. The highest BCUT2D eigenvalue weighted by molar-refractivity contribution is 6.25. The number of hydrogen-bond donors (Lipinski definition) is 2. The summed E-state index contributed by atoms with van der Waals surface area (Å²) in [6, 6.07) is 5.83. The monoisotopic (exact) mass is 243 g/mol. The molecule has 2 rings (SSSR count). The quantitative estimate of drug-likeness (QED) is 0.801. The second-order valence-electron chi connectivity index (χ2n) is 4.79. The lowest BCUT2D eigenvalue weighted by atomic mass is 9.92. The molecule has 2 N–H and O–H groups in total. The Morgan fingerprint density at radius 1 is 1.39 bits per heavy atom. The largest absolute Gasteiger partial charge is 0.512 e. The van der Waals surface area contributed by atoms with Crippen LogP contribution in [0.5, 0.6) is 0 Å². The Kier molecular flexibility index (Phi) is 3.32. The van der Waals surface area contributed by atoms with Gasteiger partial charge in [0.15, 0.2) is 5.78 Å². The van der Waals surface area contributed by atoms with E-state index in [1.165, 1.54) is 6.21 Å². The fraction of sp³-hybridized carbons (Fsp3) is 0.333. The minimum Gasteiger partial charge on any atom is -0.512 e. The fourth-order valence-corrected chi connectivity index (χ4v) is 2.58. The summed E-state index contributed by atoms with van der Waals surface area (Å²) in [5.41, 5.74) is 3.31. The Labute approximate surface area is 107 Å². The van der Waals surface area contributed by atoms with Gasteiger partial charge in [-0.25, -0.2) is 0 Å². The van der Waals surface area contributed by atoms with Crippen molar-refractivity contribution < 1.29 is 9.90 Å². The van der Waals surface area contributed by atoms with Crippen molar-refractivity contribution in [1.29, 1.82) is 5.41 Å². The third kappa shape index (κ3) is 1.96. The number of hydrogen-bond acceptors (Lipinski definition) is 3. The number of rotatable bonds is 3. The van der Waals surface area contributed by atoms with E-state index in [0.717, 1.165) is 16.7 Å². The molecule has 3 heteroatoms. The summed E-state index contributed by atoms with van der Waals surface area (Å²) < 4.78 is 0. The summed E-state index contributed by atoms with van der Waals surface area (Å²) in [7, 11) is 0. The van der Waals surface area contributed by atoms with Crippen molar-refractivity contribution in [3.63, 3.8) is 0 Å². The third-order valence-corrected chi connectivity index (χ3v) is 3.48. The SMILES string of the molecule is Cc1cccc(C)c1C1=C(O)CC(CC=N)C1=O. The van der Waals surface area contributed by atoms with Crippen LogP contribution < -0.4 is 0 Å². The van der Waals surface area contributed by atoms with E-state index in [1.807, 2.05) is 32.0 Å². The molecule has 1 aromatic carbocycles. The number of nitrogens with one attached hydrogen (secondary N) is 1. The minimum atomic E-state index is -0.267. The molecular weight excluding hydrogens is 226 g/mol. The maximum absolute atomic E-state index is 12.3. The van der Waals surface area contributed by atoms with Gasteiger partial charge in [-0.1, -0.05) is 18.2 Å². The highest BCUT2D eigenvalue weighted by Crippen LogP contribution is 2.37. The van der Waals surface area contributed by atoms with Gasteiger partial charge in [-0.15, -0.1) is 0 Å². The number of ketones is 1. The Morgan fingerprint density at radius 2 is 2.00 bits per heavy atom. The van der Waals surface area contributed by atoms with Crippen molar-refractivity contribution >= 4 is 17.6 Å². The number of benzene rings is 1. The van der Waals surface area contributed by atoms with Crippen LogP contribution in [0.15, 0.2) is 24.0 Å². The molecule has 18 heavy (non-hydrogen) atoms. The normalized spacial score (nSPS) is 19.4. The lowest BCUT2D eigenvalue weighted by Crippen LogP contribution is -2.11. The molecule has 1 atom stereocenters. The Bertz CT molecular complexity index is 523. The van der Waals surface area contributed by atoms with Crippen LogP contribution in [0, 0.1) is 25.2 Å². The van der Waals surface area contributed by atoms with Crippen LogP contribution in [0.2, 0.25) is 0 Å². The molecule has 0 spiro atoms. The smallest absolute Gasteiger partial charge is 0.170 e. The zero-order valence-electron chi connectivity index (χ0n) is 10.7. The molecule has 94 valence electrons. The van der Waals surface area contributed by atoms with Crippen LogP contribution in [-0.4, -0.2) is 17.1 Å². The van der Waals surface area contributed by atoms with Gasteiger partial charge in [0.2, 0.25) is 0 Å². The minimum absolute atomic E-state index is 0.0339. The van der Waals surface area contributed by atoms with Crippen molar-refractivity contribution in [3.05, 3.63) is 40.6 Å². The van der Waals surface area contributed by atoms with Crippen LogP contribution in [0.1, 0.15) is 29.5 Å². The second-order valence-corrected chi connectivity index (χ2v) is 4.79. The predicted octanol–water partition coefficient (Wildman–Crippen LogP) is 3.20. The van der Waals surface area contributed by atoms with Gasteiger partial charge in [0.25, 0.3) is 0 Å². The molecule has 3 nitrogen and oxygen atoms in total. The van der Waals surface area contributed by atoms with Crippen molar-refractivity contribution in [2.45, 2.75) is 26.7 Å². The van der Waals surface area contributed by atoms with Crippen LogP contribution in [0.4, 0.5) is 0 Å². The molecule has 0 fully saturated rings. The highest BCUT2D eigenvalue weighted by atomic mass is 16.3. The summed E-state index contributed by atoms with van der Waals surface area (Å²) in [6.07, 6.45) is 2.00. The third-order valence-electron chi connectivity index (χ3n) is 3.48. The number of allylic oxidation sites excluding steroid dienone is 2. The lowest BCUT2D eigenvalue weighted by Gasteiger charge is -2.11. The van der Waals surface area contributed by atoms with Crippen molar-refractivity contribution in [1.82, 2.24) is 0 Å². The molecule has 0 heterocycles. The Hall–Kier alpha value is -1.90. The van der Waals surface area contributed by atoms with Gasteiger partial charge in [-0.05, 0) is 43.2 Å². The molecule has 1 aromatic rings. The van der Waals surface area contributed by atoms with E-state index < -0.39 is 0 Å². The second kappa shape index (κ2) is 4.77.